The van der Waals surface area contributed by atoms with E-state index in [4.69, 9.17) is 0 Å². The van der Waals surface area contributed by atoms with Gasteiger partial charge in [0, 0.05) is 34.3 Å². The van der Waals surface area contributed by atoms with E-state index in [1.165, 1.54) is 12.3 Å². The quantitative estimate of drug-likeness (QED) is 0.467. The van der Waals surface area contributed by atoms with Gasteiger partial charge in [-0.15, -0.1) is 0 Å². The summed E-state index contributed by atoms with van der Waals surface area (Å²) in [6, 6.07) is 16.6. The van der Waals surface area contributed by atoms with Gasteiger partial charge in [0.1, 0.15) is 5.82 Å². The van der Waals surface area contributed by atoms with E-state index in [0.717, 1.165) is 27.5 Å². The van der Waals surface area contributed by atoms with Crippen molar-refractivity contribution in [1.82, 2.24) is 25.1 Å². The number of para-hydroxylation sites is 1. The summed E-state index contributed by atoms with van der Waals surface area (Å²) in [6.07, 6.45) is 3.17. The van der Waals surface area contributed by atoms with Gasteiger partial charge in [-0.2, -0.15) is 9.49 Å². The highest BCUT2D eigenvalue weighted by Gasteiger charge is 2.11. The minimum Gasteiger partial charge on any atom is -0.340 e. The van der Waals surface area contributed by atoms with Crippen molar-refractivity contribution < 1.29 is 4.39 Å². The van der Waals surface area contributed by atoms with E-state index >= 15 is 0 Å². The van der Waals surface area contributed by atoms with E-state index in [1.807, 2.05) is 42.5 Å². The number of fused-ring (bicyclic) bond motifs is 2. The minimum atomic E-state index is -0.566. The molecule has 5 aromatic rings. The summed E-state index contributed by atoms with van der Waals surface area (Å²) in [7, 11) is 0. The lowest BCUT2D eigenvalue weighted by molar-refractivity contribution is 0.584. The molecule has 6 nitrogen and oxygen atoms in total. The Morgan fingerprint density at radius 2 is 1.89 bits per heavy atom. The average Bonchev–Trinajstić information content (AvgIpc) is 3.16. The molecule has 3 heterocycles. The third kappa shape index (κ3) is 2.85. The van der Waals surface area contributed by atoms with Crippen LogP contribution in [0, 0.1) is 5.95 Å². The van der Waals surface area contributed by atoms with Crippen LogP contribution in [0.15, 0.2) is 67.0 Å². The second kappa shape index (κ2) is 6.14. The van der Waals surface area contributed by atoms with E-state index in [0.29, 0.717) is 17.2 Å². The summed E-state index contributed by atoms with van der Waals surface area (Å²) < 4.78 is 13.5. The molecule has 0 aliphatic carbocycles. The standard InChI is InChI=1S/C20H13FN6/c21-18-10-12(7-8-22-18)19-25-17-4-2-1-3-15(17)20(26-19)24-14-5-6-16-13(9-14)11-23-27-16/h1-11H,(H,23,27)(H,24,25,26). The molecule has 0 aliphatic rings. The molecular formula is C20H13FN6. The number of H-pyrrole nitrogens is 1. The van der Waals surface area contributed by atoms with E-state index < -0.39 is 5.95 Å². The molecule has 2 N–H and O–H groups in total. The van der Waals surface area contributed by atoms with Crippen molar-refractivity contribution in [2.75, 3.05) is 5.32 Å². The molecule has 3 aromatic heterocycles. The second-order valence-electron chi connectivity index (χ2n) is 6.08. The third-order valence-corrected chi connectivity index (χ3v) is 4.29. The van der Waals surface area contributed by atoms with Crippen molar-refractivity contribution in [3.8, 4) is 11.4 Å². The van der Waals surface area contributed by atoms with Crippen molar-refractivity contribution in [2.24, 2.45) is 0 Å². The predicted octanol–water partition coefficient (Wildman–Crippen LogP) is 4.45. The van der Waals surface area contributed by atoms with Gasteiger partial charge in [0.05, 0.1) is 17.2 Å². The summed E-state index contributed by atoms with van der Waals surface area (Å²) >= 11 is 0. The maximum absolute atomic E-state index is 13.5. The lowest BCUT2D eigenvalue weighted by Crippen LogP contribution is -1.99. The van der Waals surface area contributed by atoms with Gasteiger partial charge in [0.2, 0.25) is 5.95 Å². The number of hydrogen-bond donors (Lipinski definition) is 2. The van der Waals surface area contributed by atoms with Crippen molar-refractivity contribution in [1.29, 1.82) is 0 Å². The molecule has 0 atom stereocenters. The van der Waals surface area contributed by atoms with Crippen molar-refractivity contribution >= 4 is 33.3 Å². The minimum absolute atomic E-state index is 0.432. The zero-order valence-electron chi connectivity index (χ0n) is 14.0. The number of pyridine rings is 1. The van der Waals surface area contributed by atoms with Crippen LogP contribution in [-0.4, -0.2) is 25.1 Å². The molecule has 0 amide bonds. The van der Waals surface area contributed by atoms with Crippen LogP contribution >= 0.6 is 0 Å². The van der Waals surface area contributed by atoms with Crippen LogP contribution < -0.4 is 5.32 Å². The number of aromatic nitrogens is 5. The maximum atomic E-state index is 13.5. The number of halogens is 1. The molecule has 0 saturated heterocycles. The Bertz CT molecular complexity index is 1280. The van der Waals surface area contributed by atoms with E-state index in [-0.39, 0.29) is 0 Å². The fraction of sp³-hybridized carbons (Fsp3) is 0. The molecule has 0 radical (unpaired) electrons. The lowest BCUT2D eigenvalue weighted by Gasteiger charge is -2.11. The zero-order chi connectivity index (χ0) is 18.2. The Kier molecular flexibility index (Phi) is 3.50. The molecule has 5 rings (SSSR count). The highest BCUT2D eigenvalue weighted by atomic mass is 19.1. The summed E-state index contributed by atoms with van der Waals surface area (Å²) in [4.78, 5) is 12.8. The Morgan fingerprint density at radius 3 is 2.81 bits per heavy atom. The third-order valence-electron chi connectivity index (χ3n) is 4.29. The van der Waals surface area contributed by atoms with Gasteiger partial charge < -0.3 is 5.32 Å². The van der Waals surface area contributed by atoms with Crippen molar-refractivity contribution in [3.05, 3.63) is 72.9 Å². The topological polar surface area (TPSA) is 79.4 Å². The summed E-state index contributed by atoms with van der Waals surface area (Å²) in [5, 5.41) is 12.2. The number of benzene rings is 2. The first-order valence-electron chi connectivity index (χ1n) is 8.35. The van der Waals surface area contributed by atoms with Crippen LogP contribution in [0.4, 0.5) is 15.9 Å². The van der Waals surface area contributed by atoms with Gasteiger partial charge in [0.15, 0.2) is 5.82 Å². The normalized spacial score (nSPS) is 11.1. The number of hydrogen-bond acceptors (Lipinski definition) is 5. The number of anilines is 2. The Morgan fingerprint density at radius 1 is 0.963 bits per heavy atom. The Hall–Kier alpha value is -3.87. The maximum Gasteiger partial charge on any atom is 0.213 e. The van der Waals surface area contributed by atoms with Gasteiger partial charge in [-0.1, -0.05) is 12.1 Å². The van der Waals surface area contributed by atoms with E-state index in [9.17, 15) is 4.39 Å². The number of nitrogens with zero attached hydrogens (tertiary/aromatic N) is 4. The average molecular weight is 356 g/mol. The molecule has 0 bridgehead atoms. The van der Waals surface area contributed by atoms with Crippen LogP contribution in [0.25, 0.3) is 33.2 Å². The molecule has 27 heavy (non-hydrogen) atoms. The summed E-state index contributed by atoms with van der Waals surface area (Å²) in [5.41, 5.74) is 3.17. The number of nitrogens with one attached hydrogen (secondary N) is 2. The first-order valence-corrected chi connectivity index (χ1v) is 8.35. The SMILES string of the molecule is Fc1cc(-c2nc(Nc3ccc4[nH]ncc4c3)c3ccccc3n2)ccn1. The molecule has 7 heteroatoms. The molecule has 0 unspecified atom stereocenters. The van der Waals surface area contributed by atoms with E-state index in [1.54, 1.807) is 12.3 Å². The highest BCUT2D eigenvalue weighted by Crippen LogP contribution is 2.28. The largest absolute Gasteiger partial charge is 0.340 e. The number of aromatic amines is 1. The van der Waals surface area contributed by atoms with Gasteiger partial charge in [0.25, 0.3) is 0 Å². The monoisotopic (exact) mass is 356 g/mol. The zero-order valence-corrected chi connectivity index (χ0v) is 14.0. The lowest BCUT2D eigenvalue weighted by atomic mass is 10.2. The van der Waals surface area contributed by atoms with Crippen molar-refractivity contribution in [2.45, 2.75) is 0 Å². The van der Waals surface area contributed by atoms with Crippen molar-refractivity contribution in [3.63, 3.8) is 0 Å². The van der Waals surface area contributed by atoms with Crippen LogP contribution in [0.5, 0.6) is 0 Å². The Labute approximate surface area is 153 Å². The van der Waals surface area contributed by atoms with Crippen LogP contribution in [0.2, 0.25) is 0 Å². The van der Waals surface area contributed by atoms with E-state index in [2.05, 4.69) is 30.5 Å². The summed E-state index contributed by atoms with van der Waals surface area (Å²) in [6.45, 7) is 0. The van der Waals surface area contributed by atoms with Crippen LogP contribution in [0.3, 0.4) is 0 Å². The van der Waals surface area contributed by atoms with Gasteiger partial charge in [-0.05, 0) is 36.4 Å². The first-order chi connectivity index (χ1) is 13.3. The van der Waals surface area contributed by atoms with Gasteiger partial charge in [-0.3, -0.25) is 5.10 Å². The highest BCUT2D eigenvalue weighted by molar-refractivity contribution is 5.93. The fourth-order valence-electron chi connectivity index (χ4n) is 3.00. The van der Waals surface area contributed by atoms with Crippen LogP contribution in [0.1, 0.15) is 0 Å². The van der Waals surface area contributed by atoms with Gasteiger partial charge >= 0.3 is 0 Å². The predicted molar refractivity (Wildman–Crippen MR) is 102 cm³/mol. The van der Waals surface area contributed by atoms with Crippen LogP contribution in [-0.2, 0) is 0 Å². The smallest absolute Gasteiger partial charge is 0.213 e. The fourth-order valence-corrected chi connectivity index (χ4v) is 3.00. The molecule has 130 valence electrons. The summed E-state index contributed by atoms with van der Waals surface area (Å²) in [5.74, 6) is 0.515. The number of rotatable bonds is 3. The molecule has 0 fully saturated rings. The molecular weight excluding hydrogens is 343 g/mol. The first kappa shape index (κ1) is 15.4. The van der Waals surface area contributed by atoms with Gasteiger partial charge in [-0.25, -0.2) is 15.0 Å². The molecule has 0 spiro atoms. The molecule has 0 saturated carbocycles. The molecule has 0 aliphatic heterocycles. The Balaban J connectivity index is 1.65. The molecule has 2 aromatic carbocycles. The second-order valence-corrected chi connectivity index (χ2v) is 6.08.